The summed E-state index contributed by atoms with van der Waals surface area (Å²) in [5.41, 5.74) is 0.914. The molecule has 2 aromatic rings. The lowest BCUT2D eigenvalue weighted by molar-refractivity contribution is -0.143. The second kappa shape index (κ2) is 10.3. The molecular weight excluding hydrogens is 432 g/mol. The molecule has 0 spiro atoms. The van der Waals surface area contributed by atoms with Crippen LogP contribution < -0.4 is 0 Å². The van der Waals surface area contributed by atoms with Crippen LogP contribution in [0.1, 0.15) is 43.1 Å². The van der Waals surface area contributed by atoms with Gasteiger partial charge in [-0.05, 0) is 24.1 Å². The number of nitrogens with zero attached hydrogens (tertiary/aromatic N) is 3. The normalized spacial score (nSPS) is 18.4. The largest absolute Gasteiger partial charge is 0.383 e. The Balaban J connectivity index is 1.86. The smallest absolute Gasteiger partial charge is 0.241 e. The Kier molecular flexibility index (Phi) is 7.69. The highest BCUT2D eigenvalue weighted by atomic mass is 35.5. The van der Waals surface area contributed by atoms with Gasteiger partial charge in [-0.3, -0.25) is 24.4 Å². The average Bonchev–Trinajstić information content (AvgIpc) is 3.29. The number of carbonyl (C=O) groups is 3. The maximum Gasteiger partial charge on any atom is 0.241 e. The van der Waals surface area contributed by atoms with Gasteiger partial charge in [-0.1, -0.05) is 43.1 Å². The molecule has 32 heavy (non-hydrogen) atoms. The number of rotatable bonds is 10. The van der Waals surface area contributed by atoms with Crippen molar-refractivity contribution < 1.29 is 19.1 Å². The SMILES string of the molecule is CCCc1cc(CN(C)C(=O)C[C@@]2(c3ccccc3Cl)CC(=O)N(CCOC)C2=O)[nH]n1. The van der Waals surface area contributed by atoms with Crippen molar-refractivity contribution in [3.05, 3.63) is 52.3 Å². The molecule has 3 amide bonds. The van der Waals surface area contributed by atoms with Gasteiger partial charge in [0.2, 0.25) is 17.7 Å². The summed E-state index contributed by atoms with van der Waals surface area (Å²) in [7, 11) is 3.18. The van der Waals surface area contributed by atoms with Gasteiger partial charge < -0.3 is 9.64 Å². The first-order valence-electron chi connectivity index (χ1n) is 10.7. The zero-order valence-corrected chi connectivity index (χ0v) is 19.4. The van der Waals surface area contributed by atoms with Gasteiger partial charge in [0.1, 0.15) is 0 Å². The van der Waals surface area contributed by atoms with Crippen molar-refractivity contribution >= 4 is 29.3 Å². The van der Waals surface area contributed by atoms with E-state index < -0.39 is 11.3 Å². The Morgan fingerprint density at radius 2 is 2.09 bits per heavy atom. The minimum Gasteiger partial charge on any atom is -0.383 e. The van der Waals surface area contributed by atoms with E-state index in [1.54, 1.807) is 31.3 Å². The molecule has 0 saturated carbocycles. The van der Waals surface area contributed by atoms with Crippen LogP contribution in [-0.4, -0.2) is 65.0 Å². The van der Waals surface area contributed by atoms with E-state index in [-0.39, 0.29) is 37.8 Å². The first-order chi connectivity index (χ1) is 15.3. The fourth-order valence-corrected chi connectivity index (χ4v) is 4.43. The summed E-state index contributed by atoms with van der Waals surface area (Å²) in [6.45, 7) is 2.76. The molecule has 172 valence electrons. The molecule has 3 rings (SSSR count). The van der Waals surface area contributed by atoms with Crippen molar-refractivity contribution in [2.24, 2.45) is 0 Å². The second-order valence-electron chi connectivity index (χ2n) is 8.14. The number of carbonyl (C=O) groups excluding carboxylic acids is 3. The van der Waals surface area contributed by atoms with Crippen LogP contribution in [0.5, 0.6) is 0 Å². The fraction of sp³-hybridized carbons (Fsp3) is 0.478. The highest BCUT2D eigenvalue weighted by Crippen LogP contribution is 2.43. The molecule has 0 aliphatic carbocycles. The van der Waals surface area contributed by atoms with Crippen LogP contribution >= 0.6 is 11.6 Å². The lowest BCUT2D eigenvalue weighted by atomic mass is 9.75. The number of amides is 3. The summed E-state index contributed by atoms with van der Waals surface area (Å²) in [4.78, 5) is 42.2. The molecule has 0 radical (unpaired) electrons. The topological polar surface area (TPSA) is 95.6 Å². The maximum absolute atomic E-state index is 13.5. The molecule has 2 heterocycles. The standard InChI is InChI=1S/C23H29ClN4O4/c1-4-7-16-12-17(26-25-16)15-27(2)20(29)13-23(18-8-5-6-9-19(18)24)14-21(30)28(22(23)31)10-11-32-3/h5-6,8-9,12H,4,7,10-11,13-15H2,1-3H3,(H,25,26)/t23-/m0/s1. The van der Waals surface area contributed by atoms with Gasteiger partial charge in [-0.2, -0.15) is 5.10 Å². The van der Waals surface area contributed by atoms with E-state index in [0.29, 0.717) is 17.1 Å². The van der Waals surface area contributed by atoms with E-state index in [2.05, 4.69) is 17.1 Å². The summed E-state index contributed by atoms with van der Waals surface area (Å²) < 4.78 is 5.05. The lowest BCUT2D eigenvalue weighted by Gasteiger charge is -2.29. The number of aryl methyl sites for hydroxylation is 1. The summed E-state index contributed by atoms with van der Waals surface area (Å²) in [5, 5.41) is 7.57. The number of hydrogen-bond donors (Lipinski definition) is 1. The predicted molar refractivity (Wildman–Crippen MR) is 120 cm³/mol. The van der Waals surface area contributed by atoms with Crippen LogP contribution in [0.15, 0.2) is 30.3 Å². The summed E-state index contributed by atoms with van der Waals surface area (Å²) >= 11 is 6.44. The monoisotopic (exact) mass is 460 g/mol. The van der Waals surface area contributed by atoms with E-state index >= 15 is 0 Å². The number of halogens is 1. The van der Waals surface area contributed by atoms with Crippen LogP contribution in [0.3, 0.4) is 0 Å². The maximum atomic E-state index is 13.5. The summed E-state index contributed by atoms with van der Waals surface area (Å²) in [6, 6.07) is 8.83. The van der Waals surface area contributed by atoms with Crippen molar-refractivity contribution in [3.8, 4) is 0 Å². The van der Waals surface area contributed by atoms with Gasteiger partial charge in [0.05, 0.1) is 36.5 Å². The van der Waals surface area contributed by atoms with Crippen LogP contribution in [0.4, 0.5) is 0 Å². The molecule has 1 aromatic carbocycles. The first-order valence-corrected chi connectivity index (χ1v) is 11.1. The number of likely N-dealkylation sites (tertiary alicyclic amines) is 1. The van der Waals surface area contributed by atoms with E-state index in [0.717, 1.165) is 24.2 Å². The average molecular weight is 461 g/mol. The third kappa shape index (κ3) is 4.86. The molecule has 1 saturated heterocycles. The molecule has 1 aliphatic heterocycles. The number of nitrogens with one attached hydrogen (secondary N) is 1. The zero-order valence-electron chi connectivity index (χ0n) is 18.7. The Hall–Kier alpha value is -2.71. The van der Waals surface area contributed by atoms with E-state index in [4.69, 9.17) is 16.3 Å². The molecule has 9 heteroatoms. The Labute approximate surface area is 192 Å². The van der Waals surface area contributed by atoms with E-state index in [1.165, 1.54) is 16.9 Å². The number of ether oxygens (including phenoxy) is 1. The number of methoxy groups -OCH3 is 1. The number of hydrogen-bond acceptors (Lipinski definition) is 5. The van der Waals surface area contributed by atoms with Gasteiger partial charge in [0, 0.05) is 32.0 Å². The van der Waals surface area contributed by atoms with Crippen LogP contribution in [-0.2, 0) is 37.5 Å². The lowest BCUT2D eigenvalue weighted by Crippen LogP contribution is -2.43. The van der Waals surface area contributed by atoms with Crippen molar-refractivity contribution in [2.45, 2.75) is 44.6 Å². The number of aromatic nitrogens is 2. The third-order valence-corrected chi connectivity index (χ3v) is 6.12. The van der Waals surface area contributed by atoms with Gasteiger partial charge in [0.25, 0.3) is 0 Å². The summed E-state index contributed by atoms with van der Waals surface area (Å²) in [6.07, 6.45) is 1.58. The number of imide groups is 1. The Bertz CT molecular complexity index is 992. The van der Waals surface area contributed by atoms with Gasteiger partial charge in [-0.15, -0.1) is 0 Å². The van der Waals surface area contributed by atoms with Crippen LogP contribution in [0, 0.1) is 0 Å². The minimum absolute atomic E-state index is 0.108. The van der Waals surface area contributed by atoms with Crippen molar-refractivity contribution in [1.82, 2.24) is 20.0 Å². The summed E-state index contributed by atoms with van der Waals surface area (Å²) in [5.74, 6) is -1.01. The molecule has 0 bridgehead atoms. The van der Waals surface area contributed by atoms with Crippen molar-refractivity contribution in [3.63, 3.8) is 0 Å². The predicted octanol–water partition coefficient (Wildman–Crippen LogP) is 2.71. The molecule has 1 atom stereocenters. The second-order valence-corrected chi connectivity index (χ2v) is 8.55. The third-order valence-electron chi connectivity index (χ3n) is 5.79. The molecule has 1 N–H and O–H groups in total. The molecule has 1 aromatic heterocycles. The Morgan fingerprint density at radius 3 is 2.78 bits per heavy atom. The van der Waals surface area contributed by atoms with Crippen molar-refractivity contribution in [1.29, 1.82) is 0 Å². The molecule has 1 fully saturated rings. The van der Waals surface area contributed by atoms with Crippen LogP contribution in [0.2, 0.25) is 5.02 Å². The quantitative estimate of drug-likeness (QED) is 0.550. The molecule has 8 nitrogen and oxygen atoms in total. The van der Waals surface area contributed by atoms with Crippen molar-refractivity contribution in [2.75, 3.05) is 27.3 Å². The first kappa shape index (κ1) is 23.9. The molecule has 0 unspecified atom stereocenters. The zero-order chi connectivity index (χ0) is 23.3. The minimum atomic E-state index is -1.34. The number of aromatic amines is 1. The molecule has 1 aliphatic rings. The van der Waals surface area contributed by atoms with Gasteiger partial charge in [-0.25, -0.2) is 0 Å². The highest BCUT2D eigenvalue weighted by molar-refractivity contribution is 6.32. The van der Waals surface area contributed by atoms with Gasteiger partial charge in [0.15, 0.2) is 0 Å². The van der Waals surface area contributed by atoms with Crippen LogP contribution in [0.25, 0.3) is 0 Å². The fourth-order valence-electron chi connectivity index (χ4n) is 4.11. The highest BCUT2D eigenvalue weighted by Gasteiger charge is 2.54. The number of benzene rings is 1. The van der Waals surface area contributed by atoms with Gasteiger partial charge >= 0.3 is 0 Å². The van der Waals surface area contributed by atoms with E-state index in [9.17, 15) is 14.4 Å². The molecular formula is C23H29ClN4O4. The van der Waals surface area contributed by atoms with E-state index in [1.807, 2.05) is 6.07 Å². The number of H-pyrrole nitrogens is 1. The Morgan fingerprint density at radius 1 is 1.34 bits per heavy atom.